The van der Waals surface area contributed by atoms with Gasteiger partial charge in [-0.2, -0.15) is 13.2 Å². The molecule has 0 aliphatic heterocycles. The lowest BCUT2D eigenvalue weighted by atomic mass is 10.1. The van der Waals surface area contributed by atoms with Crippen molar-refractivity contribution in [3.63, 3.8) is 0 Å². The van der Waals surface area contributed by atoms with E-state index >= 15 is 0 Å². The lowest BCUT2D eigenvalue weighted by molar-refractivity contribution is -0.166. The second-order valence-electron chi connectivity index (χ2n) is 9.96. The second-order valence-corrected chi connectivity index (χ2v) is 11.3. The largest absolute Gasteiger partial charge is 0.408 e. The van der Waals surface area contributed by atoms with Crippen molar-refractivity contribution in [3.05, 3.63) is 65.2 Å². The molecule has 3 rings (SSSR count). The van der Waals surface area contributed by atoms with Gasteiger partial charge in [0.1, 0.15) is 12.4 Å². The van der Waals surface area contributed by atoms with Crippen molar-refractivity contribution in [3.8, 4) is 0 Å². The summed E-state index contributed by atoms with van der Waals surface area (Å²) in [5, 5.41) is 2.88. The average molecular weight is 590 g/mol. The molecule has 9 nitrogen and oxygen atoms in total. The predicted molar refractivity (Wildman–Crippen MR) is 154 cm³/mol. The van der Waals surface area contributed by atoms with E-state index in [9.17, 15) is 22.2 Å². The van der Waals surface area contributed by atoms with Gasteiger partial charge in [0.2, 0.25) is 0 Å². The van der Waals surface area contributed by atoms with Gasteiger partial charge in [-0.1, -0.05) is 6.58 Å². The lowest BCUT2D eigenvalue weighted by Gasteiger charge is -2.31. The van der Waals surface area contributed by atoms with Crippen LogP contribution in [0.3, 0.4) is 0 Å². The first-order valence-corrected chi connectivity index (χ1v) is 14.4. The van der Waals surface area contributed by atoms with Gasteiger partial charge >= 0.3 is 6.18 Å². The summed E-state index contributed by atoms with van der Waals surface area (Å²) in [6.07, 6.45) is 2.27. The maximum absolute atomic E-state index is 13.9. The number of carbonyl (C=O) groups is 1. The van der Waals surface area contributed by atoms with E-state index in [-0.39, 0.29) is 35.5 Å². The number of nitrogens with zero attached hydrogens (tertiary/aromatic N) is 6. The van der Waals surface area contributed by atoms with Gasteiger partial charge in [0.15, 0.2) is 18.0 Å². The Bertz CT molecular complexity index is 1410. The molecule has 1 unspecified atom stereocenters. The molecule has 0 spiro atoms. The van der Waals surface area contributed by atoms with E-state index in [0.717, 1.165) is 30.4 Å². The van der Waals surface area contributed by atoms with Crippen LogP contribution in [0.25, 0.3) is 5.70 Å². The fourth-order valence-corrected chi connectivity index (χ4v) is 4.35. The Kier molecular flexibility index (Phi) is 10.3. The van der Waals surface area contributed by atoms with Gasteiger partial charge in [-0.25, -0.2) is 15.0 Å². The summed E-state index contributed by atoms with van der Waals surface area (Å²) in [5.41, 5.74) is 3.44. The van der Waals surface area contributed by atoms with Crippen molar-refractivity contribution in [2.75, 3.05) is 13.3 Å². The standard InChI is InChI=1S/C28H34F3N7O2S/c1-16(2)25(37-23(14-39)33-12-21-10-11-22(13-32-21)41(7)40)27(38(6)19(5)28(29,30)31)36-18(4)24-17(3)34-15-35-26(24)20-8-9-20/h10-11,13-15,19-20H,4,8-9,12H2,1-3,5-7H3,(H,33,37)/t19-,41?/m0/s1. The third-order valence-corrected chi connectivity index (χ3v) is 7.48. The molecular weight excluding hydrogens is 555 g/mol. The van der Waals surface area contributed by atoms with Gasteiger partial charge in [0.05, 0.1) is 50.7 Å². The minimum Gasteiger partial charge on any atom is -0.346 e. The highest BCUT2D eigenvalue weighted by molar-refractivity contribution is 7.84. The van der Waals surface area contributed by atoms with Crippen molar-refractivity contribution in [1.82, 2.24) is 25.2 Å². The summed E-state index contributed by atoms with van der Waals surface area (Å²) in [5.74, 6) is 0.0199. The quantitative estimate of drug-likeness (QED) is 0.242. The van der Waals surface area contributed by atoms with Gasteiger partial charge in [-0.3, -0.25) is 19.0 Å². The highest BCUT2D eigenvalue weighted by Crippen LogP contribution is 2.42. The molecule has 0 saturated heterocycles. The Balaban J connectivity index is 2.03. The molecule has 2 atom stereocenters. The molecule has 1 N–H and O–H groups in total. The summed E-state index contributed by atoms with van der Waals surface area (Å²) >= 11 is 0. The number of nitrogens with one attached hydrogen (secondary N) is 1. The van der Waals surface area contributed by atoms with E-state index in [0.29, 0.717) is 33.7 Å². The highest BCUT2D eigenvalue weighted by Gasteiger charge is 2.41. The van der Waals surface area contributed by atoms with Crippen LogP contribution in [0.5, 0.6) is 0 Å². The Hall–Kier alpha value is -3.74. The van der Waals surface area contributed by atoms with E-state index < -0.39 is 23.0 Å². The number of likely N-dealkylation sites (N-methyl/N-ethyl adjacent to an activating group) is 1. The van der Waals surface area contributed by atoms with Crippen LogP contribution in [0.15, 0.2) is 57.4 Å². The molecule has 2 heterocycles. The summed E-state index contributed by atoms with van der Waals surface area (Å²) in [7, 11) is 0.0915. The second kappa shape index (κ2) is 13.3. The molecule has 220 valence electrons. The number of carbonyl (C=O) groups excluding carboxylic acids is 1. The molecule has 0 radical (unpaired) electrons. The number of aldehydes is 1. The predicted octanol–water partition coefficient (Wildman–Crippen LogP) is 4.73. The topological polar surface area (TPSA) is 113 Å². The number of amidine groups is 2. The monoisotopic (exact) mass is 589 g/mol. The lowest BCUT2D eigenvalue weighted by Crippen LogP contribution is -2.47. The van der Waals surface area contributed by atoms with Crippen LogP contribution in [-0.2, 0) is 22.1 Å². The first-order valence-electron chi connectivity index (χ1n) is 12.9. The van der Waals surface area contributed by atoms with E-state index in [1.54, 1.807) is 32.9 Å². The third kappa shape index (κ3) is 8.15. The van der Waals surface area contributed by atoms with E-state index in [1.807, 2.05) is 0 Å². The maximum Gasteiger partial charge on any atom is 0.408 e. The summed E-state index contributed by atoms with van der Waals surface area (Å²) in [6.45, 7) is 10.3. The number of alkyl halides is 3. The van der Waals surface area contributed by atoms with E-state index in [4.69, 9.17) is 0 Å². The van der Waals surface area contributed by atoms with Crippen molar-refractivity contribution in [1.29, 1.82) is 0 Å². The van der Waals surface area contributed by atoms with Gasteiger partial charge in [-0.05, 0) is 58.2 Å². The zero-order valence-corrected chi connectivity index (χ0v) is 24.7. The number of rotatable bonds is 10. The number of aliphatic imine (C=N–C) groups is 2. The van der Waals surface area contributed by atoms with Crippen LogP contribution in [0.2, 0.25) is 0 Å². The Morgan fingerprint density at radius 2 is 1.95 bits per heavy atom. The first kappa shape index (κ1) is 31.8. The summed E-state index contributed by atoms with van der Waals surface area (Å²) in [6, 6.07) is 1.38. The molecule has 1 aliphatic carbocycles. The summed E-state index contributed by atoms with van der Waals surface area (Å²) < 4.78 is 53.2. The molecule has 41 heavy (non-hydrogen) atoms. The molecule has 0 amide bonds. The van der Waals surface area contributed by atoms with Gasteiger partial charge in [0.25, 0.3) is 0 Å². The van der Waals surface area contributed by atoms with Crippen LogP contribution in [0, 0.1) is 6.92 Å². The zero-order valence-electron chi connectivity index (χ0n) is 23.9. The number of hydrogen-bond acceptors (Lipinski definition) is 7. The number of allylic oxidation sites excluding steroid dienone is 1. The Morgan fingerprint density at radius 3 is 2.46 bits per heavy atom. The van der Waals surface area contributed by atoms with E-state index in [2.05, 4.69) is 36.8 Å². The number of aryl methyl sites for hydroxylation is 1. The fraction of sp³-hybridized carbons (Fsp3) is 0.429. The SMILES string of the molecule is C=C(N=C(C(NC(C=O)=NCc1ccc(S(C)=O)cn1)=C(C)C)N(C)[C@@H](C)C(F)(F)F)c1c(C)ncnc1C1CC1. The van der Waals surface area contributed by atoms with Crippen LogP contribution >= 0.6 is 0 Å². The molecule has 13 heteroatoms. The minimum atomic E-state index is -4.56. The molecule has 2 aromatic rings. The van der Waals surface area contributed by atoms with E-state index in [1.165, 1.54) is 25.8 Å². The maximum atomic E-state index is 13.9. The van der Waals surface area contributed by atoms with Crippen molar-refractivity contribution in [2.45, 2.75) is 70.1 Å². The molecule has 0 bridgehead atoms. The molecule has 0 aromatic carbocycles. The summed E-state index contributed by atoms with van der Waals surface area (Å²) in [4.78, 5) is 35.3. The molecule has 1 aliphatic rings. The van der Waals surface area contributed by atoms with Crippen LogP contribution in [0.1, 0.15) is 62.2 Å². The minimum absolute atomic E-state index is 0.00696. The number of halogens is 3. The van der Waals surface area contributed by atoms with Crippen molar-refractivity contribution >= 4 is 34.5 Å². The first-order chi connectivity index (χ1) is 19.2. The van der Waals surface area contributed by atoms with Gasteiger partial charge < -0.3 is 10.2 Å². The molecule has 2 aromatic heterocycles. The Morgan fingerprint density at radius 1 is 1.27 bits per heavy atom. The smallest absolute Gasteiger partial charge is 0.346 e. The number of aromatic nitrogens is 3. The van der Waals surface area contributed by atoms with Gasteiger partial charge in [0, 0.05) is 31.0 Å². The van der Waals surface area contributed by atoms with Crippen molar-refractivity contribution in [2.24, 2.45) is 9.98 Å². The molecule has 1 saturated carbocycles. The van der Waals surface area contributed by atoms with Crippen LogP contribution in [0.4, 0.5) is 13.2 Å². The molecule has 1 fully saturated rings. The van der Waals surface area contributed by atoms with Crippen LogP contribution < -0.4 is 5.32 Å². The zero-order chi connectivity index (χ0) is 30.5. The normalized spacial score (nSPS) is 15.6. The van der Waals surface area contributed by atoms with Crippen molar-refractivity contribution < 1.29 is 22.2 Å². The number of pyridine rings is 1. The Labute approximate surface area is 240 Å². The third-order valence-electron chi connectivity index (χ3n) is 6.58. The molecular formula is C28H34F3N7O2S. The number of hydrogen-bond donors (Lipinski definition) is 1. The van der Waals surface area contributed by atoms with Crippen LogP contribution in [-0.4, -0.2) is 67.5 Å². The average Bonchev–Trinajstić information content (AvgIpc) is 3.76. The van der Waals surface area contributed by atoms with Gasteiger partial charge in [-0.15, -0.1) is 0 Å². The highest BCUT2D eigenvalue weighted by atomic mass is 32.2. The fourth-order valence-electron chi connectivity index (χ4n) is 3.89.